The molecule has 0 aliphatic heterocycles. The maximum absolute atomic E-state index is 11.6. The Morgan fingerprint density at radius 1 is 1.13 bits per heavy atom. The van der Waals surface area contributed by atoms with Gasteiger partial charge in [0.25, 0.3) is 0 Å². The number of carboxylic acids is 2. The summed E-state index contributed by atoms with van der Waals surface area (Å²) in [6.45, 7) is 0. The molecule has 0 heterocycles. The third-order valence-corrected chi connectivity index (χ3v) is 3.81. The molecule has 0 amide bonds. The minimum atomic E-state index is -1.02. The summed E-state index contributed by atoms with van der Waals surface area (Å²) in [6, 6.07) is 11.0. The number of carbonyl (C=O) groups is 2. The van der Waals surface area contributed by atoms with Crippen LogP contribution in [0.25, 0.3) is 0 Å². The van der Waals surface area contributed by atoms with Crippen LogP contribution in [0.3, 0.4) is 0 Å². The number of rotatable bonds is 6. The van der Waals surface area contributed by atoms with Crippen molar-refractivity contribution in [2.24, 2.45) is 0 Å². The van der Waals surface area contributed by atoms with E-state index in [1.807, 2.05) is 0 Å². The molecule has 120 valence electrons. The van der Waals surface area contributed by atoms with Gasteiger partial charge in [-0.1, -0.05) is 29.8 Å². The summed E-state index contributed by atoms with van der Waals surface area (Å²) in [7, 11) is 1.49. The highest BCUT2D eigenvalue weighted by atomic mass is 35.5. The van der Waals surface area contributed by atoms with Gasteiger partial charge in [0.05, 0.1) is 23.6 Å². The van der Waals surface area contributed by atoms with Crippen molar-refractivity contribution in [3.63, 3.8) is 0 Å². The lowest BCUT2D eigenvalue weighted by Gasteiger charge is -2.14. The predicted octanol–water partition coefficient (Wildman–Crippen LogP) is 3.46. The molecule has 0 spiro atoms. The van der Waals surface area contributed by atoms with Crippen LogP contribution in [0.2, 0.25) is 5.02 Å². The third kappa shape index (κ3) is 4.02. The Kier molecular flexibility index (Phi) is 5.24. The standard InChI is InChI=1S/C17H15ClO5/c1-23-15-7-6-12(9-14(15)18)13(17(21)22)8-10-2-4-11(5-3-10)16(19)20/h2-7,9,13H,8H2,1H3,(H,19,20)(H,21,22). The Balaban J connectivity index is 2.27. The Morgan fingerprint density at radius 3 is 2.26 bits per heavy atom. The molecule has 2 N–H and O–H groups in total. The minimum Gasteiger partial charge on any atom is -0.495 e. The Hall–Kier alpha value is -2.53. The molecule has 0 radical (unpaired) electrons. The average Bonchev–Trinajstić information content (AvgIpc) is 2.52. The van der Waals surface area contributed by atoms with Crippen LogP contribution in [-0.2, 0) is 11.2 Å². The van der Waals surface area contributed by atoms with Crippen molar-refractivity contribution in [1.29, 1.82) is 0 Å². The summed E-state index contributed by atoms with van der Waals surface area (Å²) < 4.78 is 5.06. The minimum absolute atomic E-state index is 0.160. The highest BCUT2D eigenvalue weighted by Gasteiger charge is 2.21. The Morgan fingerprint density at radius 2 is 1.78 bits per heavy atom. The van der Waals surface area contributed by atoms with Gasteiger partial charge in [-0.2, -0.15) is 0 Å². The van der Waals surface area contributed by atoms with Gasteiger partial charge in [-0.15, -0.1) is 0 Å². The molecule has 1 atom stereocenters. The number of aromatic carboxylic acids is 1. The fourth-order valence-electron chi connectivity index (χ4n) is 2.27. The molecule has 6 heteroatoms. The van der Waals surface area contributed by atoms with E-state index < -0.39 is 17.9 Å². The van der Waals surface area contributed by atoms with Gasteiger partial charge < -0.3 is 14.9 Å². The van der Waals surface area contributed by atoms with E-state index in [1.54, 1.807) is 30.3 Å². The average molecular weight is 335 g/mol. The first-order chi connectivity index (χ1) is 10.9. The van der Waals surface area contributed by atoms with Crippen LogP contribution < -0.4 is 4.74 Å². The van der Waals surface area contributed by atoms with E-state index in [-0.39, 0.29) is 12.0 Å². The number of hydrogen-bond acceptors (Lipinski definition) is 3. The molecule has 0 bridgehead atoms. The van der Waals surface area contributed by atoms with Gasteiger partial charge >= 0.3 is 11.9 Å². The van der Waals surface area contributed by atoms with Gasteiger partial charge in [0.2, 0.25) is 0 Å². The lowest BCUT2D eigenvalue weighted by atomic mass is 9.91. The number of methoxy groups -OCH3 is 1. The van der Waals surface area contributed by atoms with Gasteiger partial charge in [-0.3, -0.25) is 4.79 Å². The highest BCUT2D eigenvalue weighted by Crippen LogP contribution is 2.30. The summed E-state index contributed by atoms with van der Waals surface area (Å²) in [5.41, 5.74) is 1.45. The predicted molar refractivity (Wildman–Crippen MR) is 85.5 cm³/mol. The second-order valence-corrected chi connectivity index (χ2v) is 5.40. The van der Waals surface area contributed by atoms with Crippen LogP contribution in [0.15, 0.2) is 42.5 Å². The molecule has 5 nitrogen and oxygen atoms in total. The van der Waals surface area contributed by atoms with Crippen molar-refractivity contribution in [2.45, 2.75) is 12.3 Å². The van der Waals surface area contributed by atoms with E-state index in [0.29, 0.717) is 16.3 Å². The van der Waals surface area contributed by atoms with Crippen LogP contribution in [0, 0.1) is 0 Å². The summed E-state index contributed by atoms with van der Waals surface area (Å²) >= 11 is 6.05. The first-order valence-corrected chi connectivity index (χ1v) is 7.18. The van der Waals surface area contributed by atoms with Crippen molar-refractivity contribution in [3.8, 4) is 5.75 Å². The SMILES string of the molecule is COc1ccc(C(Cc2ccc(C(=O)O)cc2)C(=O)O)cc1Cl. The number of aliphatic carboxylic acids is 1. The van der Waals surface area contributed by atoms with E-state index in [1.165, 1.54) is 19.2 Å². The van der Waals surface area contributed by atoms with E-state index in [2.05, 4.69) is 0 Å². The van der Waals surface area contributed by atoms with E-state index >= 15 is 0 Å². The second-order valence-electron chi connectivity index (χ2n) is 4.99. The van der Waals surface area contributed by atoms with Crippen molar-refractivity contribution < 1.29 is 24.5 Å². The van der Waals surface area contributed by atoms with Gasteiger partial charge in [0, 0.05) is 0 Å². The van der Waals surface area contributed by atoms with E-state index in [4.69, 9.17) is 21.4 Å². The van der Waals surface area contributed by atoms with E-state index in [0.717, 1.165) is 5.56 Å². The maximum atomic E-state index is 11.6. The van der Waals surface area contributed by atoms with Crippen molar-refractivity contribution in [1.82, 2.24) is 0 Å². The monoisotopic (exact) mass is 334 g/mol. The van der Waals surface area contributed by atoms with Gasteiger partial charge in [-0.25, -0.2) is 4.79 Å². The first kappa shape index (κ1) is 16.8. The fourth-order valence-corrected chi connectivity index (χ4v) is 2.53. The fraction of sp³-hybridized carbons (Fsp3) is 0.176. The number of hydrogen-bond donors (Lipinski definition) is 2. The number of benzene rings is 2. The van der Waals surface area contributed by atoms with Crippen molar-refractivity contribution >= 4 is 23.5 Å². The molecule has 0 saturated heterocycles. The second kappa shape index (κ2) is 7.15. The molecule has 23 heavy (non-hydrogen) atoms. The summed E-state index contributed by atoms with van der Waals surface area (Å²) in [5.74, 6) is -2.30. The molecule has 0 aliphatic carbocycles. The van der Waals surface area contributed by atoms with Crippen molar-refractivity contribution in [2.75, 3.05) is 7.11 Å². The Bertz CT molecular complexity index is 724. The van der Waals surface area contributed by atoms with Gasteiger partial charge in [0.1, 0.15) is 5.75 Å². The topological polar surface area (TPSA) is 83.8 Å². The molecule has 2 aromatic carbocycles. The first-order valence-electron chi connectivity index (χ1n) is 6.81. The molecular formula is C17H15ClO5. The van der Waals surface area contributed by atoms with Crippen LogP contribution >= 0.6 is 11.6 Å². The summed E-state index contributed by atoms with van der Waals surface area (Å²) in [5, 5.41) is 18.7. The number of halogens is 1. The Labute approximate surface area is 138 Å². The zero-order valence-electron chi connectivity index (χ0n) is 12.3. The van der Waals surface area contributed by atoms with Crippen LogP contribution in [-0.4, -0.2) is 29.3 Å². The van der Waals surface area contributed by atoms with Gasteiger partial charge in [-0.05, 0) is 41.8 Å². The zero-order chi connectivity index (χ0) is 17.0. The molecule has 0 fully saturated rings. The third-order valence-electron chi connectivity index (χ3n) is 3.52. The lowest BCUT2D eigenvalue weighted by Crippen LogP contribution is -2.14. The molecule has 0 aromatic heterocycles. The number of ether oxygens (including phenoxy) is 1. The molecule has 0 saturated carbocycles. The maximum Gasteiger partial charge on any atom is 0.335 e. The zero-order valence-corrected chi connectivity index (χ0v) is 13.1. The smallest absolute Gasteiger partial charge is 0.335 e. The summed E-state index contributed by atoms with van der Waals surface area (Å²) in [6.07, 6.45) is 0.234. The largest absolute Gasteiger partial charge is 0.495 e. The van der Waals surface area contributed by atoms with Crippen LogP contribution in [0.1, 0.15) is 27.4 Å². The van der Waals surface area contributed by atoms with Crippen LogP contribution in [0.5, 0.6) is 5.75 Å². The van der Waals surface area contributed by atoms with Crippen LogP contribution in [0.4, 0.5) is 0 Å². The van der Waals surface area contributed by atoms with E-state index in [9.17, 15) is 14.7 Å². The molecule has 2 aromatic rings. The molecular weight excluding hydrogens is 320 g/mol. The van der Waals surface area contributed by atoms with Crippen molar-refractivity contribution in [3.05, 3.63) is 64.2 Å². The normalized spacial score (nSPS) is 11.7. The number of carboxylic acid groups (broad SMARTS) is 2. The quantitative estimate of drug-likeness (QED) is 0.845. The summed E-state index contributed by atoms with van der Waals surface area (Å²) in [4.78, 5) is 22.4. The highest BCUT2D eigenvalue weighted by molar-refractivity contribution is 6.32. The molecule has 0 aliphatic rings. The lowest BCUT2D eigenvalue weighted by molar-refractivity contribution is -0.138. The van der Waals surface area contributed by atoms with Gasteiger partial charge in [0.15, 0.2) is 0 Å². The molecule has 1 unspecified atom stereocenters. The molecule has 2 rings (SSSR count).